The first kappa shape index (κ1) is 12.3. The molecule has 2 heterocycles. The van der Waals surface area contributed by atoms with E-state index in [1.54, 1.807) is 11.3 Å². The van der Waals surface area contributed by atoms with E-state index in [2.05, 4.69) is 29.2 Å². The highest BCUT2D eigenvalue weighted by molar-refractivity contribution is 7.15. The molecule has 0 atom stereocenters. The molecule has 0 aromatic carbocycles. The van der Waals surface area contributed by atoms with Gasteiger partial charge in [-0.25, -0.2) is 4.98 Å². The third-order valence-corrected chi connectivity index (χ3v) is 3.70. The summed E-state index contributed by atoms with van der Waals surface area (Å²) in [4.78, 5) is 6.00. The molecule has 0 fully saturated rings. The lowest BCUT2D eigenvalue weighted by atomic mass is 10.3. The van der Waals surface area contributed by atoms with Gasteiger partial charge in [-0.15, -0.1) is 11.3 Å². The van der Waals surface area contributed by atoms with E-state index in [1.165, 1.54) is 10.6 Å². The largest absolute Gasteiger partial charge is 0.312 e. The summed E-state index contributed by atoms with van der Waals surface area (Å²) >= 11 is 1.74. The molecule has 4 nitrogen and oxygen atoms in total. The van der Waals surface area contributed by atoms with Crippen molar-refractivity contribution in [2.45, 2.75) is 26.8 Å². The van der Waals surface area contributed by atoms with Crippen LogP contribution in [0.25, 0.3) is 10.7 Å². The van der Waals surface area contributed by atoms with Gasteiger partial charge < -0.3 is 5.32 Å². The highest BCUT2D eigenvalue weighted by atomic mass is 32.1. The fourth-order valence-electron chi connectivity index (χ4n) is 1.67. The van der Waals surface area contributed by atoms with Crippen LogP contribution in [0.5, 0.6) is 0 Å². The number of thiazole rings is 1. The molecule has 0 saturated carbocycles. The van der Waals surface area contributed by atoms with E-state index >= 15 is 0 Å². The minimum Gasteiger partial charge on any atom is -0.312 e. The van der Waals surface area contributed by atoms with Gasteiger partial charge in [0.1, 0.15) is 10.7 Å². The molecular weight excluding hydrogens is 232 g/mol. The number of nitrogens with zero attached hydrogens (tertiary/aromatic N) is 3. The monoisotopic (exact) mass is 250 g/mol. The van der Waals surface area contributed by atoms with Crippen LogP contribution >= 0.6 is 11.3 Å². The highest BCUT2D eigenvalue weighted by Crippen LogP contribution is 2.27. The maximum atomic E-state index is 4.67. The van der Waals surface area contributed by atoms with E-state index in [4.69, 9.17) is 0 Å². The Balaban J connectivity index is 2.27. The number of hydrogen-bond donors (Lipinski definition) is 1. The fourth-order valence-corrected chi connectivity index (χ4v) is 2.76. The molecule has 0 spiro atoms. The molecule has 0 unspecified atom stereocenters. The highest BCUT2D eigenvalue weighted by Gasteiger charge is 2.12. The lowest BCUT2D eigenvalue weighted by Gasteiger charge is -1.99. The molecule has 0 bridgehead atoms. The Morgan fingerprint density at radius 3 is 2.82 bits per heavy atom. The number of aryl methyl sites for hydroxylation is 2. The van der Waals surface area contributed by atoms with Crippen LogP contribution in [0.4, 0.5) is 0 Å². The molecular formula is C12H18N4S. The van der Waals surface area contributed by atoms with Crippen molar-refractivity contribution in [1.82, 2.24) is 20.1 Å². The van der Waals surface area contributed by atoms with Crippen molar-refractivity contribution in [3.63, 3.8) is 0 Å². The second-order valence-corrected chi connectivity index (χ2v) is 4.98. The van der Waals surface area contributed by atoms with Gasteiger partial charge in [-0.05, 0) is 19.0 Å². The minimum atomic E-state index is 0.907. The second kappa shape index (κ2) is 5.42. The summed E-state index contributed by atoms with van der Waals surface area (Å²) in [7, 11) is 1.93. The number of hydrogen-bond acceptors (Lipinski definition) is 4. The van der Waals surface area contributed by atoms with Gasteiger partial charge in [0.15, 0.2) is 0 Å². The molecule has 0 saturated heterocycles. The Hall–Kier alpha value is -1.20. The van der Waals surface area contributed by atoms with Crippen molar-refractivity contribution >= 4 is 11.3 Å². The van der Waals surface area contributed by atoms with E-state index < -0.39 is 0 Å². The molecule has 0 aliphatic carbocycles. The number of aromatic nitrogens is 3. The van der Waals surface area contributed by atoms with Crippen LogP contribution in [0, 0.1) is 0 Å². The van der Waals surface area contributed by atoms with Crippen molar-refractivity contribution in [2.24, 2.45) is 7.05 Å². The Kier molecular flexibility index (Phi) is 3.91. The average molecular weight is 250 g/mol. The third-order valence-electron chi connectivity index (χ3n) is 2.58. The molecule has 0 amide bonds. The molecule has 0 radical (unpaired) electrons. The van der Waals surface area contributed by atoms with Crippen LogP contribution in [0.2, 0.25) is 0 Å². The standard InChI is InChI=1S/C12H18N4S/c1-4-9-11(8-13-5-2)17-12(14-9)10-6-7-16(3)15-10/h6-7,13H,4-5,8H2,1-3H3. The van der Waals surface area contributed by atoms with Gasteiger partial charge in [0, 0.05) is 24.7 Å². The predicted octanol–water partition coefficient (Wildman–Crippen LogP) is 2.22. The van der Waals surface area contributed by atoms with Gasteiger partial charge >= 0.3 is 0 Å². The van der Waals surface area contributed by atoms with Gasteiger partial charge in [0.25, 0.3) is 0 Å². The lowest BCUT2D eigenvalue weighted by molar-refractivity contribution is 0.727. The molecule has 2 rings (SSSR count). The van der Waals surface area contributed by atoms with E-state index in [1.807, 2.05) is 24.0 Å². The van der Waals surface area contributed by atoms with Crippen LogP contribution in [0.15, 0.2) is 12.3 Å². The molecule has 5 heteroatoms. The maximum absolute atomic E-state index is 4.67. The molecule has 2 aromatic heterocycles. The van der Waals surface area contributed by atoms with Gasteiger partial charge in [-0.1, -0.05) is 13.8 Å². The average Bonchev–Trinajstić information content (AvgIpc) is 2.92. The smallest absolute Gasteiger partial charge is 0.144 e. The number of nitrogens with one attached hydrogen (secondary N) is 1. The van der Waals surface area contributed by atoms with E-state index in [0.29, 0.717) is 0 Å². The summed E-state index contributed by atoms with van der Waals surface area (Å²) in [5, 5.41) is 8.77. The third kappa shape index (κ3) is 2.73. The van der Waals surface area contributed by atoms with Crippen LogP contribution in [-0.4, -0.2) is 21.3 Å². The summed E-state index contributed by atoms with van der Waals surface area (Å²) in [5.74, 6) is 0. The molecule has 92 valence electrons. The Morgan fingerprint density at radius 2 is 2.24 bits per heavy atom. The topological polar surface area (TPSA) is 42.7 Å². The fraction of sp³-hybridized carbons (Fsp3) is 0.500. The van der Waals surface area contributed by atoms with Crippen molar-refractivity contribution in [3.8, 4) is 10.7 Å². The zero-order chi connectivity index (χ0) is 12.3. The first-order valence-corrected chi connectivity index (χ1v) is 6.75. The number of rotatable bonds is 5. The van der Waals surface area contributed by atoms with Gasteiger partial charge in [-0.2, -0.15) is 5.10 Å². The first-order chi connectivity index (χ1) is 8.24. The van der Waals surface area contributed by atoms with Gasteiger partial charge in [0.2, 0.25) is 0 Å². The zero-order valence-corrected chi connectivity index (χ0v) is 11.3. The van der Waals surface area contributed by atoms with Crippen molar-refractivity contribution in [1.29, 1.82) is 0 Å². The molecule has 1 N–H and O–H groups in total. The molecule has 17 heavy (non-hydrogen) atoms. The summed E-state index contributed by atoms with van der Waals surface area (Å²) in [6, 6.07) is 2.01. The van der Waals surface area contributed by atoms with E-state index in [0.717, 1.165) is 30.2 Å². The summed E-state index contributed by atoms with van der Waals surface area (Å²) in [5.41, 5.74) is 2.16. The van der Waals surface area contributed by atoms with Gasteiger partial charge in [0.05, 0.1) is 5.69 Å². The van der Waals surface area contributed by atoms with E-state index in [-0.39, 0.29) is 0 Å². The summed E-state index contributed by atoms with van der Waals surface area (Å²) < 4.78 is 1.81. The molecule has 0 aliphatic rings. The van der Waals surface area contributed by atoms with Crippen molar-refractivity contribution < 1.29 is 0 Å². The van der Waals surface area contributed by atoms with Crippen LogP contribution in [0.1, 0.15) is 24.4 Å². The normalized spacial score (nSPS) is 11.0. The molecule has 2 aromatic rings. The summed E-state index contributed by atoms with van der Waals surface area (Å²) in [6.45, 7) is 6.16. The summed E-state index contributed by atoms with van der Waals surface area (Å²) in [6.07, 6.45) is 2.93. The van der Waals surface area contributed by atoms with Crippen LogP contribution in [0.3, 0.4) is 0 Å². The quantitative estimate of drug-likeness (QED) is 0.884. The lowest BCUT2D eigenvalue weighted by Crippen LogP contribution is -2.11. The van der Waals surface area contributed by atoms with Crippen LogP contribution in [-0.2, 0) is 20.0 Å². The van der Waals surface area contributed by atoms with Crippen molar-refractivity contribution in [3.05, 3.63) is 22.8 Å². The minimum absolute atomic E-state index is 0.907. The van der Waals surface area contributed by atoms with E-state index in [9.17, 15) is 0 Å². The molecule has 0 aliphatic heterocycles. The Labute approximate surface area is 106 Å². The zero-order valence-electron chi connectivity index (χ0n) is 10.5. The first-order valence-electron chi connectivity index (χ1n) is 5.93. The Bertz CT molecular complexity index is 486. The second-order valence-electron chi connectivity index (χ2n) is 3.90. The van der Waals surface area contributed by atoms with Gasteiger partial charge in [-0.3, -0.25) is 4.68 Å². The Morgan fingerprint density at radius 1 is 1.41 bits per heavy atom. The SMILES string of the molecule is CCNCc1sc(-c2ccn(C)n2)nc1CC. The van der Waals surface area contributed by atoms with Crippen LogP contribution < -0.4 is 5.32 Å². The predicted molar refractivity (Wildman–Crippen MR) is 71.1 cm³/mol. The maximum Gasteiger partial charge on any atom is 0.144 e. The van der Waals surface area contributed by atoms with Crippen molar-refractivity contribution in [2.75, 3.05) is 6.54 Å².